The number of amides is 2. The first-order valence-corrected chi connectivity index (χ1v) is 6.22. The van der Waals surface area contributed by atoms with Crippen LogP contribution in [0.15, 0.2) is 0 Å². The van der Waals surface area contributed by atoms with E-state index in [1.807, 2.05) is 25.7 Å². The lowest BCUT2D eigenvalue weighted by Gasteiger charge is -2.35. The fourth-order valence-electron chi connectivity index (χ4n) is 1.70. The van der Waals surface area contributed by atoms with E-state index in [1.165, 1.54) is 0 Å². The molecule has 1 rings (SSSR count). The first kappa shape index (κ1) is 14.8. The smallest absolute Gasteiger partial charge is 0.410 e. The van der Waals surface area contributed by atoms with Crippen molar-refractivity contribution in [2.24, 2.45) is 0 Å². The number of ether oxygens (including phenoxy) is 1. The van der Waals surface area contributed by atoms with Crippen molar-refractivity contribution in [2.45, 2.75) is 26.4 Å². The number of nitrogens with one attached hydrogen (secondary N) is 1. The molecule has 1 aliphatic rings. The van der Waals surface area contributed by atoms with E-state index in [9.17, 15) is 9.59 Å². The van der Waals surface area contributed by atoms with Crippen LogP contribution in [0.3, 0.4) is 0 Å². The van der Waals surface area contributed by atoms with Crippen LogP contribution in [-0.4, -0.2) is 67.2 Å². The summed E-state index contributed by atoms with van der Waals surface area (Å²) < 4.78 is 5.30. The third kappa shape index (κ3) is 4.91. The van der Waals surface area contributed by atoms with Gasteiger partial charge in [-0.05, 0) is 20.8 Å². The summed E-state index contributed by atoms with van der Waals surface area (Å²) >= 11 is 0. The van der Waals surface area contributed by atoms with Crippen molar-refractivity contribution >= 4 is 12.0 Å². The van der Waals surface area contributed by atoms with Gasteiger partial charge in [0.15, 0.2) is 0 Å². The topological polar surface area (TPSA) is 61.9 Å². The molecule has 0 aromatic heterocycles. The van der Waals surface area contributed by atoms with Crippen LogP contribution in [0.4, 0.5) is 4.79 Å². The molecule has 2 amide bonds. The molecule has 6 heteroatoms. The standard InChI is InChI=1S/C12H23N3O3/c1-12(2,3)18-11(17)15-7-5-14(6-8-15)9-10(16)13-4/h5-9H2,1-4H3,(H,13,16). The summed E-state index contributed by atoms with van der Waals surface area (Å²) in [7, 11) is 1.62. The van der Waals surface area contributed by atoms with Crippen LogP contribution in [0.2, 0.25) is 0 Å². The lowest BCUT2D eigenvalue weighted by atomic mass is 10.2. The molecule has 18 heavy (non-hydrogen) atoms. The molecule has 1 fully saturated rings. The second-order valence-electron chi connectivity index (χ2n) is 5.42. The summed E-state index contributed by atoms with van der Waals surface area (Å²) in [5.74, 6) is 0.000665. The Bertz CT molecular complexity index is 304. The zero-order chi connectivity index (χ0) is 13.8. The van der Waals surface area contributed by atoms with Gasteiger partial charge in [0, 0.05) is 33.2 Å². The van der Waals surface area contributed by atoms with Crippen LogP contribution in [0.5, 0.6) is 0 Å². The average Bonchev–Trinajstić information content (AvgIpc) is 2.27. The molecule has 1 N–H and O–H groups in total. The van der Waals surface area contributed by atoms with Crippen molar-refractivity contribution < 1.29 is 14.3 Å². The molecule has 1 heterocycles. The Hall–Kier alpha value is -1.30. The molecule has 1 aliphatic heterocycles. The summed E-state index contributed by atoms with van der Waals surface area (Å²) in [5.41, 5.74) is -0.462. The first-order chi connectivity index (χ1) is 8.31. The van der Waals surface area contributed by atoms with Gasteiger partial charge < -0.3 is 15.0 Å². The maximum absolute atomic E-state index is 11.8. The summed E-state index contributed by atoms with van der Waals surface area (Å²) in [5, 5.41) is 2.59. The Balaban J connectivity index is 2.35. The molecular formula is C12H23N3O3. The predicted octanol–water partition coefficient (Wildman–Crippen LogP) is 0.285. The Morgan fingerprint density at radius 1 is 1.17 bits per heavy atom. The quantitative estimate of drug-likeness (QED) is 0.772. The Labute approximate surface area is 108 Å². The predicted molar refractivity (Wildman–Crippen MR) is 68.3 cm³/mol. The van der Waals surface area contributed by atoms with Gasteiger partial charge >= 0.3 is 6.09 Å². The number of nitrogens with zero attached hydrogens (tertiary/aromatic N) is 2. The minimum absolute atomic E-state index is 0.000665. The Morgan fingerprint density at radius 3 is 2.17 bits per heavy atom. The highest BCUT2D eigenvalue weighted by molar-refractivity contribution is 5.77. The largest absolute Gasteiger partial charge is 0.444 e. The molecular weight excluding hydrogens is 234 g/mol. The molecule has 6 nitrogen and oxygen atoms in total. The van der Waals surface area contributed by atoms with E-state index in [2.05, 4.69) is 5.32 Å². The second-order valence-corrected chi connectivity index (χ2v) is 5.42. The maximum Gasteiger partial charge on any atom is 0.410 e. The number of likely N-dealkylation sites (N-methyl/N-ethyl adjacent to an activating group) is 1. The molecule has 0 unspecified atom stereocenters. The summed E-state index contributed by atoms with van der Waals surface area (Å²) in [6.45, 7) is 8.56. The highest BCUT2D eigenvalue weighted by atomic mass is 16.6. The van der Waals surface area contributed by atoms with E-state index in [-0.39, 0.29) is 12.0 Å². The number of carbonyl (C=O) groups is 2. The van der Waals surface area contributed by atoms with Crippen molar-refractivity contribution in [3.63, 3.8) is 0 Å². The van der Waals surface area contributed by atoms with Crippen LogP contribution < -0.4 is 5.32 Å². The lowest BCUT2D eigenvalue weighted by Crippen LogP contribution is -2.51. The average molecular weight is 257 g/mol. The van der Waals surface area contributed by atoms with Gasteiger partial charge in [-0.3, -0.25) is 9.69 Å². The van der Waals surface area contributed by atoms with Crippen molar-refractivity contribution in [3.8, 4) is 0 Å². The molecule has 0 bridgehead atoms. The Morgan fingerprint density at radius 2 is 1.72 bits per heavy atom. The fraction of sp³-hybridized carbons (Fsp3) is 0.833. The number of hydrogen-bond donors (Lipinski definition) is 1. The normalized spacial score (nSPS) is 17.4. The highest BCUT2D eigenvalue weighted by Gasteiger charge is 2.26. The van der Waals surface area contributed by atoms with Crippen molar-refractivity contribution in [1.29, 1.82) is 0 Å². The van der Waals surface area contributed by atoms with Gasteiger partial charge in [0.05, 0.1) is 6.54 Å². The van der Waals surface area contributed by atoms with Gasteiger partial charge in [-0.25, -0.2) is 4.79 Å². The van der Waals surface area contributed by atoms with Crippen molar-refractivity contribution in [2.75, 3.05) is 39.8 Å². The second kappa shape index (κ2) is 6.04. The van der Waals surface area contributed by atoms with Crippen LogP contribution in [-0.2, 0) is 9.53 Å². The third-order valence-electron chi connectivity index (χ3n) is 2.67. The fourth-order valence-corrected chi connectivity index (χ4v) is 1.70. The molecule has 0 aliphatic carbocycles. The van der Waals surface area contributed by atoms with Crippen molar-refractivity contribution in [3.05, 3.63) is 0 Å². The van der Waals surface area contributed by atoms with E-state index in [1.54, 1.807) is 11.9 Å². The van der Waals surface area contributed by atoms with Gasteiger partial charge in [0.2, 0.25) is 5.91 Å². The minimum Gasteiger partial charge on any atom is -0.444 e. The third-order valence-corrected chi connectivity index (χ3v) is 2.67. The molecule has 0 spiro atoms. The molecule has 0 aromatic rings. The van der Waals surface area contributed by atoms with E-state index in [4.69, 9.17) is 4.74 Å². The summed E-state index contributed by atoms with van der Waals surface area (Å²) in [4.78, 5) is 26.7. The number of hydrogen-bond acceptors (Lipinski definition) is 4. The number of piperazine rings is 1. The number of rotatable bonds is 2. The van der Waals surface area contributed by atoms with E-state index in [0.717, 1.165) is 0 Å². The van der Waals surface area contributed by atoms with Crippen molar-refractivity contribution in [1.82, 2.24) is 15.1 Å². The van der Waals surface area contributed by atoms with Gasteiger partial charge in [-0.15, -0.1) is 0 Å². The van der Waals surface area contributed by atoms with E-state index >= 15 is 0 Å². The maximum atomic E-state index is 11.8. The van der Waals surface area contributed by atoms with E-state index in [0.29, 0.717) is 32.7 Å². The SMILES string of the molecule is CNC(=O)CN1CCN(C(=O)OC(C)(C)C)CC1. The molecule has 1 saturated heterocycles. The van der Waals surface area contributed by atoms with Crippen LogP contribution in [0, 0.1) is 0 Å². The highest BCUT2D eigenvalue weighted by Crippen LogP contribution is 2.11. The zero-order valence-corrected chi connectivity index (χ0v) is 11.7. The summed E-state index contributed by atoms with van der Waals surface area (Å²) in [6, 6.07) is 0. The van der Waals surface area contributed by atoms with Gasteiger partial charge in [-0.2, -0.15) is 0 Å². The van der Waals surface area contributed by atoms with Gasteiger partial charge in [0.25, 0.3) is 0 Å². The molecule has 0 saturated carbocycles. The van der Waals surface area contributed by atoms with Crippen LogP contribution in [0.1, 0.15) is 20.8 Å². The van der Waals surface area contributed by atoms with Gasteiger partial charge in [0.1, 0.15) is 5.60 Å². The lowest BCUT2D eigenvalue weighted by molar-refractivity contribution is -0.122. The van der Waals surface area contributed by atoms with E-state index < -0.39 is 5.60 Å². The first-order valence-electron chi connectivity index (χ1n) is 6.22. The molecule has 104 valence electrons. The van der Waals surface area contributed by atoms with Gasteiger partial charge in [-0.1, -0.05) is 0 Å². The molecule has 0 atom stereocenters. The molecule has 0 aromatic carbocycles. The molecule has 0 radical (unpaired) electrons. The summed E-state index contributed by atoms with van der Waals surface area (Å²) in [6.07, 6.45) is -0.276. The Kier molecular flexibility index (Phi) is 4.95. The monoisotopic (exact) mass is 257 g/mol. The van der Waals surface area contributed by atoms with Crippen LogP contribution in [0.25, 0.3) is 0 Å². The number of carbonyl (C=O) groups excluding carboxylic acids is 2. The van der Waals surface area contributed by atoms with Crippen LogP contribution >= 0.6 is 0 Å². The zero-order valence-electron chi connectivity index (χ0n) is 11.7. The minimum atomic E-state index is -0.462.